The molecule has 8 heteroatoms. The SMILES string of the molecule is CCN(CC)c1ccc(CNC(=O)[C@@H](C)N(c2ccc(C)c(Cl)c2)S(C)(=O)=O)cc1. The van der Waals surface area contributed by atoms with Gasteiger partial charge in [-0.05, 0) is 63.1 Å². The minimum atomic E-state index is -3.69. The molecule has 0 saturated heterocycles. The van der Waals surface area contributed by atoms with Crippen molar-refractivity contribution < 1.29 is 13.2 Å². The molecular weight excluding hydrogens is 422 g/mol. The minimum absolute atomic E-state index is 0.313. The van der Waals surface area contributed by atoms with Gasteiger partial charge in [0.2, 0.25) is 15.9 Å². The van der Waals surface area contributed by atoms with Crippen LogP contribution in [0.15, 0.2) is 42.5 Å². The number of hydrogen-bond acceptors (Lipinski definition) is 4. The normalized spacial score (nSPS) is 12.3. The fourth-order valence-electron chi connectivity index (χ4n) is 3.28. The third kappa shape index (κ3) is 5.89. The molecule has 0 aliphatic heterocycles. The minimum Gasteiger partial charge on any atom is -0.372 e. The molecule has 0 fully saturated rings. The van der Waals surface area contributed by atoms with Crippen molar-refractivity contribution in [3.63, 3.8) is 0 Å². The third-order valence-corrected chi connectivity index (χ3v) is 6.68. The first-order valence-electron chi connectivity index (χ1n) is 9.95. The van der Waals surface area contributed by atoms with E-state index >= 15 is 0 Å². The Labute approximate surface area is 184 Å². The van der Waals surface area contributed by atoms with Crippen molar-refractivity contribution >= 4 is 38.9 Å². The number of sulfonamides is 1. The second kappa shape index (κ2) is 10.2. The van der Waals surface area contributed by atoms with E-state index in [1.54, 1.807) is 25.1 Å². The fourth-order valence-corrected chi connectivity index (χ4v) is 4.62. The Kier molecular flexibility index (Phi) is 8.15. The lowest BCUT2D eigenvalue weighted by Crippen LogP contribution is -2.47. The van der Waals surface area contributed by atoms with E-state index in [-0.39, 0.29) is 5.91 Å². The predicted octanol–water partition coefficient (Wildman–Crippen LogP) is 3.97. The summed E-state index contributed by atoms with van der Waals surface area (Å²) in [6.45, 7) is 9.77. The van der Waals surface area contributed by atoms with Crippen molar-refractivity contribution in [2.75, 3.05) is 28.6 Å². The quantitative estimate of drug-likeness (QED) is 0.626. The van der Waals surface area contributed by atoms with Crippen LogP contribution in [0.25, 0.3) is 0 Å². The molecule has 0 aliphatic rings. The Morgan fingerprint density at radius 1 is 1.07 bits per heavy atom. The fraction of sp³-hybridized carbons (Fsp3) is 0.409. The molecule has 2 aromatic carbocycles. The van der Waals surface area contributed by atoms with Gasteiger partial charge in [-0.25, -0.2) is 8.42 Å². The van der Waals surface area contributed by atoms with Gasteiger partial charge in [0.1, 0.15) is 6.04 Å². The average molecular weight is 452 g/mol. The maximum absolute atomic E-state index is 12.7. The maximum Gasteiger partial charge on any atom is 0.243 e. The number of halogens is 1. The first kappa shape index (κ1) is 24.0. The molecule has 0 saturated carbocycles. The van der Waals surface area contributed by atoms with Crippen molar-refractivity contribution in [1.82, 2.24) is 5.32 Å². The van der Waals surface area contributed by atoms with Crippen molar-refractivity contribution in [2.24, 2.45) is 0 Å². The summed E-state index contributed by atoms with van der Waals surface area (Å²) in [6.07, 6.45) is 1.08. The zero-order valence-electron chi connectivity index (χ0n) is 18.1. The molecule has 1 amide bonds. The molecule has 30 heavy (non-hydrogen) atoms. The molecule has 1 N–H and O–H groups in total. The van der Waals surface area contributed by atoms with Gasteiger partial charge in [-0.1, -0.05) is 29.8 Å². The molecule has 2 aromatic rings. The van der Waals surface area contributed by atoms with E-state index in [4.69, 9.17) is 11.6 Å². The number of anilines is 2. The van der Waals surface area contributed by atoms with E-state index in [0.717, 1.165) is 40.5 Å². The average Bonchev–Trinajstić information content (AvgIpc) is 2.69. The van der Waals surface area contributed by atoms with Gasteiger partial charge in [0.25, 0.3) is 0 Å². The van der Waals surface area contributed by atoms with Gasteiger partial charge < -0.3 is 10.2 Å². The number of rotatable bonds is 9. The number of nitrogens with one attached hydrogen (secondary N) is 1. The van der Waals surface area contributed by atoms with Crippen LogP contribution in [0.4, 0.5) is 11.4 Å². The lowest BCUT2D eigenvalue weighted by Gasteiger charge is -2.28. The summed E-state index contributed by atoms with van der Waals surface area (Å²) in [4.78, 5) is 15.0. The number of aryl methyl sites for hydroxylation is 1. The summed E-state index contributed by atoms with van der Waals surface area (Å²) >= 11 is 6.16. The number of carbonyl (C=O) groups excluding carboxylic acids is 1. The lowest BCUT2D eigenvalue weighted by molar-refractivity contribution is -0.122. The first-order valence-corrected chi connectivity index (χ1v) is 12.2. The number of amides is 1. The molecule has 0 radical (unpaired) electrons. The molecule has 6 nitrogen and oxygen atoms in total. The second-order valence-electron chi connectivity index (χ2n) is 7.22. The van der Waals surface area contributed by atoms with Crippen LogP contribution < -0.4 is 14.5 Å². The van der Waals surface area contributed by atoms with E-state index in [0.29, 0.717) is 17.3 Å². The summed E-state index contributed by atoms with van der Waals surface area (Å²) in [5.41, 5.74) is 3.26. The van der Waals surface area contributed by atoms with Crippen LogP contribution in [-0.4, -0.2) is 39.7 Å². The zero-order chi connectivity index (χ0) is 22.5. The zero-order valence-corrected chi connectivity index (χ0v) is 19.7. The smallest absolute Gasteiger partial charge is 0.243 e. The highest BCUT2D eigenvalue weighted by molar-refractivity contribution is 7.92. The highest BCUT2D eigenvalue weighted by Gasteiger charge is 2.29. The third-order valence-electron chi connectivity index (χ3n) is 5.03. The summed E-state index contributed by atoms with van der Waals surface area (Å²) in [5, 5.41) is 3.28. The second-order valence-corrected chi connectivity index (χ2v) is 9.49. The molecule has 0 aliphatic carbocycles. The van der Waals surface area contributed by atoms with Gasteiger partial charge in [-0.2, -0.15) is 0 Å². The first-order chi connectivity index (χ1) is 14.1. The monoisotopic (exact) mass is 451 g/mol. The standard InChI is InChI=1S/C22H30ClN3O3S/c1-6-25(7-2)19-12-9-18(10-13-19)15-24-22(27)17(4)26(30(5,28)29)20-11-8-16(3)21(23)14-20/h8-14,17H,6-7,15H2,1-5H3,(H,24,27)/t17-/m1/s1. The lowest BCUT2D eigenvalue weighted by atomic mass is 10.1. The van der Waals surface area contributed by atoms with E-state index in [2.05, 4.69) is 24.1 Å². The van der Waals surface area contributed by atoms with E-state index < -0.39 is 16.1 Å². The summed E-state index contributed by atoms with van der Waals surface area (Å²) < 4.78 is 25.9. The molecular formula is C22H30ClN3O3S. The van der Waals surface area contributed by atoms with Gasteiger partial charge in [0, 0.05) is 30.3 Å². The Bertz CT molecular complexity index is 974. The van der Waals surface area contributed by atoms with Gasteiger partial charge >= 0.3 is 0 Å². The van der Waals surface area contributed by atoms with Crippen LogP contribution in [0.2, 0.25) is 5.02 Å². The van der Waals surface area contributed by atoms with Crippen molar-refractivity contribution in [3.05, 3.63) is 58.6 Å². The van der Waals surface area contributed by atoms with Crippen LogP contribution in [-0.2, 0) is 21.4 Å². The topological polar surface area (TPSA) is 69.7 Å². The maximum atomic E-state index is 12.7. The largest absolute Gasteiger partial charge is 0.372 e. The molecule has 0 unspecified atom stereocenters. The van der Waals surface area contributed by atoms with Crippen LogP contribution in [0.5, 0.6) is 0 Å². The van der Waals surface area contributed by atoms with E-state index in [9.17, 15) is 13.2 Å². The van der Waals surface area contributed by atoms with Crippen molar-refractivity contribution in [2.45, 2.75) is 40.3 Å². The summed E-state index contributed by atoms with van der Waals surface area (Å²) in [6, 6.07) is 12.0. The Hall–Kier alpha value is -2.25. The molecule has 164 valence electrons. The molecule has 0 aromatic heterocycles. The molecule has 0 heterocycles. The van der Waals surface area contributed by atoms with Gasteiger partial charge in [-0.15, -0.1) is 0 Å². The van der Waals surface area contributed by atoms with Gasteiger partial charge in [-0.3, -0.25) is 9.10 Å². The molecule has 1 atom stereocenters. The number of nitrogens with zero attached hydrogens (tertiary/aromatic N) is 2. The molecule has 0 bridgehead atoms. The van der Waals surface area contributed by atoms with Gasteiger partial charge in [0.15, 0.2) is 0 Å². The number of hydrogen-bond donors (Lipinski definition) is 1. The Balaban J connectivity index is 2.13. The Morgan fingerprint density at radius 2 is 1.63 bits per heavy atom. The summed E-state index contributed by atoms with van der Waals surface area (Å²) in [7, 11) is -3.69. The van der Waals surface area contributed by atoms with Crippen molar-refractivity contribution in [1.29, 1.82) is 0 Å². The van der Waals surface area contributed by atoms with E-state index in [1.807, 2.05) is 31.2 Å². The number of carbonyl (C=O) groups is 1. The molecule has 2 rings (SSSR count). The van der Waals surface area contributed by atoms with Crippen molar-refractivity contribution in [3.8, 4) is 0 Å². The van der Waals surface area contributed by atoms with Gasteiger partial charge in [0.05, 0.1) is 11.9 Å². The van der Waals surface area contributed by atoms with Crippen LogP contribution in [0.1, 0.15) is 31.9 Å². The van der Waals surface area contributed by atoms with E-state index in [1.165, 1.54) is 0 Å². The highest BCUT2D eigenvalue weighted by Crippen LogP contribution is 2.26. The highest BCUT2D eigenvalue weighted by atomic mass is 35.5. The Morgan fingerprint density at radius 3 is 2.13 bits per heavy atom. The van der Waals surface area contributed by atoms with Crippen LogP contribution in [0.3, 0.4) is 0 Å². The summed E-state index contributed by atoms with van der Waals surface area (Å²) in [5.74, 6) is -0.384. The predicted molar refractivity (Wildman–Crippen MR) is 125 cm³/mol. The van der Waals surface area contributed by atoms with Crippen LogP contribution in [0, 0.1) is 6.92 Å². The number of benzene rings is 2. The molecule has 0 spiro atoms. The van der Waals surface area contributed by atoms with Crippen LogP contribution >= 0.6 is 11.6 Å².